The van der Waals surface area contributed by atoms with Crippen molar-refractivity contribution in [3.8, 4) is 0 Å². The maximum absolute atomic E-state index is 12.1. The fourth-order valence-corrected chi connectivity index (χ4v) is 2.44. The van der Waals surface area contributed by atoms with Crippen LogP contribution in [0.1, 0.15) is 47.1 Å². The highest BCUT2D eigenvalue weighted by Crippen LogP contribution is 2.09. The SMILES string of the molecule is CCNC(=NCC(NC(=O)OC(C)(C)C)C(C)C)N(C)Cc1cnn(C)c1. The molecule has 1 rings (SSSR count). The molecule has 1 amide bonds. The highest BCUT2D eigenvalue weighted by atomic mass is 16.6. The van der Waals surface area contributed by atoms with Crippen molar-refractivity contribution in [1.82, 2.24) is 25.3 Å². The first kappa shape index (κ1) is 22.8. The summed E-state index contributed by atoms with van der Waals surface area (Å²) in [5.41, 5.74) is 0.589. The first-order valence-electron chi connectivity index (χ1n) is 9.48. The Morgan fingerprint density at radius 1 is 1.41 bits per heavy atom. The summed E-state index contributed by atoms with van der Waals surface area (Å²) in [7, 11) is 3.89. The van der Waals surface area contributed by atoms with Gasteiger partial charge in [-0.15, -0.1) is 0 Å². The molecule has 0 bridgehead atoms. The number of carbonyl (C=O) groups excluding carboxylic acids is 1. The van der Waals surface area contributed by atoms with Crippen LogP contribution in [-0.4, -0.2) is 58.5 Å². The van der Waals surface area contributed by atoms with Crippen LogP contribution in [0.4, 0.5) is 4.79 Å². The number of hydrogen-bond donors (Lipinski definition) is 2. The number of ether oxygens (including phenoxy) is 1. The molecule has 0 saturated carbocycles. The van der Waals surface area contributed by atoms with Crippen molar-refractivity contribution >= 4 is 12.1 Å². The van der Waals surface area contributed by atoms with Crippen LogP contribution in [0.5, 0.6) is 0 Å². The second-order valence-electron chi connectivity index (χ2n) is 8.07. The molecule has 1 aromatic rings. The van der Waals surface area contributed by atoms with Crippen LogP contribution in [0, 0.1) is 5.92 Å². The minimum absolute atomic E-state index is 0.111. The summed E-state index contributed by atoms with van der Waals surface area (Å²) in [6.07, 6.45) is 3.42. The number of hydrogen-bond acceptors (Lipinski definition) is 4. The van der Waals surface area contributed by atoms with Gasteiger partial charge in [-0.05, 0) is 33.6 Å². The minimum Gasteiger partial charge on any atom is -0.444 e. The number of aliphatic imine (C=N–C) groups is 1. The summed E-state index contributed by atoms with van der Waals surface area (Å²) in [6, 6.07) is -0.111. The summed E-state index contributed by atoms with van der Waals surface area (Å²) in [6.45, 7) is 13.6. The fraction of sp³-hybridized carbons (Fsp3) is 0.737. The third kappa shape index (κ3) is 8.79. The Balaban J connectivity index is 2.77. The predicted octanol–water partition coefficient (Wildman–Crippen LogP) is 2.37. The number of aryl methyl sites for hydroxylation is 1. The van der Waals surface area contributed by atoms with Crippen LogP contribution in [0.15, 0.2) is 17.4 Å². The van der Waals surface area contributed by atoms with Crippen LogP contribution >= 0.6 is 0 Å². The summed E-state index contributed by atoms with van der Waals surface area (Å²) in [5.74, 6) is 1.02. The van der Waals surface area contributed by atoms with Crippen molar-refractivity contribution < 1.29 is 9.53 Å². The number of amides is 1. The number of nitrogens with zero attached hydrogens (tertiary/aromatic N) is 4. The van der Waals surface area contributed by atoms with E-state index < -0.39 is 11.7 Å². The zero-order chi connectivity index (χ0) is 20.6. The zero-order valence-electron chi connectivity index (χ0n) is 18.0. The molecule has 154 valence electrons. The molecule has 1 aromatic heterocycles. The third-order valence-electron chi connectivity index (χ3n) is 3.82. The first-order valence-corrected chi connectivity index (χ1v) is 9.48. The standard InChI is InChI=1S/C19H36N6O2/c1-9-20-17(24(7)12-15-10-22-25(8)13-15)21-11-16(14(2)3)23-18(26)27-19(4,5)6/h10,13-14,16H,9,11-12H2,1-8H3,(H,20,21)(H,23,26). The van der Waals surface area contributed by atoms with Gasteiger partial charge in [-0.1, -0.05) is 13.8 Å². The van der Waals surface area contributed by atoms with Gasteiger partial charge in [0.05, 0.1) is 18.8 Å². The van der Waals surface area contributed by atoms with Gasteiger partial charge in [-0.25, -0.2) is 4.79 Å². The van der Waals surface area contributed by atoms with Gasteiger partial charge in [0.25, 0.3) is 0 Å². The Morgan fingerprint density at radius 2 is 2.07 bits per heavy atom. The average molecular weight is 381 g/mol. The molecule has 0 fully saturated rings. The molecular weight excluding hydrogens is 344 g/mol. The Hall–Kier alpha value is -2.25. The van der Waals surface area contributed by atoms with E-state index in [-0.39, 0.29) is 12.0 Å². The van der Waals surface area contributed by atoms with Crippen molar-refractivity contribution in [2.75, 3.05) is 20.1 Å². The number of aromatic nitrogens is 2. The number of nitrogens with one attached hydrogen (secondary N) is 2. The summed E-state index contributed by atoms with van der Waals surface area (Å²) in [5, 5.41) is 10.4. The molecule has 0 aliphatic carbocycles. The minimum atomic E-state index is -0.520. The van der Waals surface area contributed by atoms with Gasteiger partial charge in [0.15, 0.2) is 5.96 Å². The van der Waals surface area contributed by atoms with Gasteiger partial charge in [0.1, 0.15) is 5.60 Å². The molecule has 0 saturated heterocycles. The molecule has 0 aromatic carbocycles. The Morgan fingerprint density at radius 3 is 2.56 bits per heavy atom. The monoisotopic (exact) mass is 380 g/mol. The molecule has 2 N–H and O–H groups in total. The number of rotatable bonds is 7. The topological polar surface area (TPSA) is 83.8 Å². The smallest absolute Gasteiger partial charge is 0.407 e. The van der Waals surface area contributed by atoms with Crippen molar-refractivity contribution in [2.24, 2.45) is 18.0 Å². The molecule has 27 heavy (non-hydrogen) atoms. The molecule has 0 aliphatic heterocycles. The number of carbonyl (C=O) groups is 1. The van der Waals surface area contributed by atoms with Crippen LogP contribution in [0.2, 0.25) is 0 Å². The Labute approximate surface area is 163 Å². The van der Waals surface area contributed by atoms with E-state index in [1.807, 2.05) is 59.1 Å². The van der Waals surface area contributed by atoms with Crippen molar-refractivity contribution in [3.05, 3.63) is 18.0 Å². The molecule has 1 atom stereocenters. The summed E-state index contributed by atoms with van der Waals surface area (Å²) < 4.78 is 7.15. The van der Waals surface area contributed by atoms with E-state index in [2.05, 4.69) is 29.6 Å². The Kier molecular flexibility index (Phi) is 8.59. The predicted molar refractivity (Wildman–Crippen MR) is 109 cm³/mol. The fourth-order valence-electron chi connectivity index (χ4n) is 2.44. The van der Waals surface area contributed by atoms with Gasteiger partial charge >= 0.3 is 6.09 Å². The van der Waals surface area contributed by atoms with Crippen LogP contribution in [0.3, 0.4) is 0 Å². The lowest BCUT2D eigenvalue weighted by molar-refractivity contribution is 0.0493. The molecule has 0 spiro atoms. The molecule has 8 nitrogen and oxygen atoms in total. The largest absolute Gasteiger partial charge is 0.444 e. The van der Waals surface area contributed by atoms with Crippen LogP contribution in [0.25, 0.3) is 0 Å². The summed E-state index contributed by atoms with van der Waals surface area (Å²) in [4.78, 5) is 18.9. The number of alkyl carbamates (subject to hydrolysis) is 1. The molecule has 8 heteroatoms. The third-order valence-corrected chi connectivity index (χ3v) is 3.82. The molecule has 1 unspecified atom stereocenters. The average Bonchev–Trinajstić information content (AvgIpc) is 2.92. The zero-order valence-corrected chi connectivity index (χ0v) is 18.0. The second-order valence-corrected chi connectivity index (χ2v) is 8.07. The maximum atomic E-state index is 12.1. The van der Waals surface area contributed by atoms with E-state index in [1.54, 1.807) is 4.68 Å². The van der Waals surface area contributed by atoms with E-state index in [0.29, 0.717) is 13.1 Å². The second kappa shape index (κ2) is 10.2. The van der Waals surface area contributed by atoms with Gasteiger partial charge in [0.2, 0.25) is 0 Å². The van der Waals surface area contributed by atoms with Gasteiger partial charge in [-0.3, -0.25) is 9.67 Å². The molecule has 0 radical (unpaired) electrons. The van der Waals surface area contributed by atoms with E-state index in [4.69, 9.17) is 9.73 Å². The highest BCUT2D eigenvalue weighted by Gasteiger charge is 2.21. The van der Waals surface area contributed by atoms with Gasteiger partial charge < -0.3 is 20.3 Å². The lowest BCUT2D eigenvalue weighted by Crippen LogP contribution is -2.45. The molecule has 1 heterocycles. The van der Waals surface area contributed by atoms with Gasteiger partial charge in [-0.2, -0.15) is 5.10 Å². The van der Waals surface area contributed by atoms with Crippen molar-refractivity contribution in [2.45, 2.75) is 59.7 Å². The lowest BCUT2D eigenvalue weighted by Gasteiger charge is -2.26. The van der Waals surface area contributed by atoms with Crippen molar-refractivity contribution in [1.29, 1.82) is 0 Å². The molecule has 0 aliphatic rings. The molecular formula is C19H36N6O2. The maximum Gasteiger partial charge on any atom is 0.407 e. The van der Waals surface area contributed by atoms with E-state index in [9.17, 15) is 4.79 Å². The van der Waals surface area contributed by atoms with Crippen LogP contribution in [-0.2, 0) is 18.3 Å². The highest BCUT2D eigenvalue weighted by molar-refractivity contribution is 5.79. The van der Waals surface area contributed by atoms with E-state index >= 15 is 0 Å². The normalized spacial score (nSPS) is 13.4. The van der Waals surface area contributed by atoms with Crippen LogP contribution < -0.4 is 10.6 Å². The lowest BCUT2D eigenvalue weighted by atomic mass is 10.1. The summed E-state index contributed by atoms with van der Waals surface area (Å²) >= 11 is 0. The Bertz CT molecular complexity index is 618. The van der Waals surface area contributed by atoms with E-state index in [0.717, 1.165) is 18.1 Å². The quantitative estimate of drug-likeness (QED) is 0.560. The number of guanidine groups is 1. The first-order chi connectivity index (χ1) is 12.5. The van der Waals surface area contributed by atoms with E-state index in [1.165, 1.54) is 0 Å². The van der Waals surface area contributed by atoms with Crippen molar-refractivity contribution in [3.63, 3.8) is 0 Å². The van der Waals surface area contributed by atoms with Gasteiger partial charge in [0, 0.05) is 38.9 Å².